The zero-order valence-electron chi connectivity index (χ0n) is 21.2. The van der Waals surface area contributed by atoms with Crippen LogP contribution in [0.5, 0.6) is 0 Å². The van der Waals surface area contributed by atoms with Crippen LogP contribution in [0, 0.1) is 0 Å². The van der Waals surface area contributed by atoms with E-state index in [1.807, 2.05) is 12.1 Å². The van der Waals surface area contributed by atoms with Crippen LogP contribution < -0.4 is 15.8 Å². The number of nitrogens with one attached hydrogen (secondary N) is 2. The van der Waals surface area contributed by atoms with Crippen LogP contribution in [0.2, 0.25) is 0 Å². The third-order valence-corrected chi connectivity index (χ3v) is 6.47. The van der Waals surface area contributed by atoms with Gasteiger partial charge < -0.3 is 5.32 Å². The molecule has 1 aliphatic heterocycles. The molecule has 0 saturated carbocycles. The molecular formula is C29H23F3N6O2. The van der Waals surface area contributed by atoms with Gasteiger partial charge >= 0.3 is 6.18 Å². The number of amides is 1. The first-order valence-corrected chi connectivity index (χ1v) is 12.2. The number of ketones is 1. The molecule has 5 rings (SSSR count). The highest BCUT2D eigenvalue weighted by molar-refractivity contribution is 6.07. The smallest absolute Gasteiger partial charge is 0.305 e. The second-order valence-corrected chi connectivity index (χ2v) is 9.40. The lowest BCUT2D eigenvalue weighted by Crippen LogP contribution is -2.45. The predicted molar refractivity (Wildman–Crippen MR) is 144 cm³/mol. The van der Waals surface area contributed by atoms with E-state index in [1.165, 1.54) is 30.6 Å². The van der Waals surface area contributed by atoms with Crippen molar-refractivity contribution in [2.45, 2.75) is 25.1 Å². The van der Waals surface area contributed by atoms with Crippen molar-refractivity contribution in [2.75, 3.05) is 10.3 Å². The number of hydrogen-bond donors (Lipinski definition) is 2. The zero-order valence-corrected chi connectivity index (χ0v) is 21.2. The summed E-state index contributed by atoms with van der Waals surface area (Å²) < 4.78 is 41.8. The summed E-state index contributed by atoms with van der Waals surface area (Å²) in [6, 6.07) is 12.8. The van der Waals surface area contributed by atoms with E-state index in [2.05, 4.69) is 32.5 Å². The van der Waals surface area contributed by atoms with E-state index in [4.69, 9.17) is 0 Å². The number of aromatic nitrogens is 3. The minimum atomic E-state index is -4.67. The summed E-state index contributed by atoms with van der Waals surface area (Å²) >= 11 is 0. The molecule has 2 N–H and O–H groups in total. The van der Waals surface area contributed by atoms with Crippen LogP contribution in [0.15, 0.2) is 103 Å². The Kier molecular flexibility index (Phi) is 6.90. The van der Waals surface area contributed by atoms with E-state index in [0.29, 0.717) is 23.1 Å². The third kappa shape index (κ3) is 5.45. The highest BCUT2D eigenvalue weighted by atomic mass is 19.4. The van der Waals surface area contributed by atoms with Gasteiger partial charge in [0.05, 0.1) is 5.54 Å². The van der Waals surface area contributed by atoms with E-state index >= 15 is 0 Å². The van der Waals surface area contributed by atoms with Gasteiger partial charge in [0.1, 0.15) is 5.70 Å². The molecule has 3 heterocycles. The fourth-order valence-electron chi connectivity index (χ4n) is 4.31. The van der Waals surface area contributed by atoms with Crippen LogP contribution in [0.4, 0.5) is 24.8 Å². The number of benzene rings is 1. The summed E-state index contributed by atoms with van der Waals surface area (Å²) in [6.45, 7) is 5.35. The Morgan fingerprint density at radius 2 is 1.95 bits per heavy atom. The van der Waals surface area contributed by atoms with Crippen LogP contribution in [-0.4, -0.2) is 33.0 Å². The van der Waals surface area contributed by atoms with E-state index in [-0.39, 0.29) is 17.4 Å². The van der Waals surface area contributed by atoms with Gasteiger partial charge in [-0.2, -0.15) is 13.2 Å². The molecule has 1 aliphatic carbocycles. The minimum absolute atomic E-state index is 0.0568. The number of hydrogen-bond acceptors (Lipinski definition) is 7. The monoisotopic (exact) mass is 544 g/mol. The maximum Gasteiger partial charge on any atom is 0.432 e. The first kappa shape index (κ1) is 26.7. The summed E-state index contributed by atoms with van der Waals surface area (Å²) in [4.78, 5) is 28.8. The number of alkyl halides is 3. The van der Waals surface area contributed by atoms with Crippen LogP contribution >= 0.6 is 0 Å². The number of nitrogens with zero attached hydrogens (tertiary/aromatic N) is 4. The molecule has 1 aromatic carbocycles. The first-order valence-electron chi connectivity index (χ1n) is 12.2. The van der Waals surface area contributed by atoms with Crippen molar-refractivity contribution in [3.05, 3.63) is 120 Å². The maximum atomic E-state index is 13.9. The Balaban J connectivity index is 1.33. The molecule has 0 spiro atoms. The average molecular weight is 545 g/mol. The minimum Gasteiger partial charge on any atom is -0.305 e. The lowest BCUT2D eigenvalue weighted by molar-refractivity contribution is -0.111. The Hall–Kier alpha value is -4.90. The molecule has 0 radical (unpaired) electrons. The number of allylic oxidation sites excluding steroid dienone is 6. The molecule has 3 aromatic rings. The second-order valence-electron chi connectivity index (χ2n) is 9.40. The molecule has 2 aliphatic rings. The van der Waals surface area contributed by atoms with Crippen molar-refractivity contribution in [3.8, 4) is 0 Å². The molecule has 0 fully saturated rings. The van der Waals surface area contributed by atoms with Gasteiger partial charge in [0.25, 0.3) is 5.91 Å². The van der Waals surface area contributed by atoms with Crippen molar-refractivity contribution in [2.24, 2.45) is 0 Å². The normalized spacial score (nSPS) is 19.2. The molecule has 40 heavy (non-hydrogen) atoms. The fraction of sp³-hybridized carbons (Fsp3) is 0.138. The van der Waals surface area contributed by atoms with Gasteiger partial charge in [0.15, 0.2) is 17.4 Å². The largest absolute Gasteiger partial charge is 0.432 e. The van der Waals surface area contributed by atoms with Crippen LogP contribution in [0.1, 0.15) is 34.8 Å². The van der Waals surface area contributed by atoms with Crippen molar-refractivity contribution in [1.29, 1.82) is 0 Å². The van der Waals surface area contributed by atoms with Gasteiger partial charge in [-0.15, -0.1) is 10.2 Å². The Morgan fingerprint density at radius 1 is 1.12 bits per heavy atom. The highest BCUT2D eigenvalue weighted by Gasteiger charge is 2.47. The van der Waals surface area contributed by atoms with Crippen LogP contribution in [0.25, 0.3) is 5.57 Å². The number of carbonyl (C=O) groups is 2. The van der Waals surface area contributed by atoms with Crippen molar-refractivity contribution < 1.29 is 22.8 Å². The zero-order chi connectivity index (χ0) is 28.5. The van der Waals surface area contributed by atoms with Crippen LogP contribution in [-0.2, 0) is 10.3 Å². The molecule has 1 unspecified atom stereocenters. The lowest BCUT2D eigenvalue weighted by Gasteiger charge is -2.28. The summed E-state index contributed by atoms with van der Waals surface area (Å²) in [6.07, 6.45) is 4.80. The average Bonchev–Trinajstić information content (AvgIpc) is 3.24. The maximum absolute atomic E-state index is 13.9. The molecule has 8 nitrogen and oxygen atoms in total. The fourth-order valence-corrected chi connectivity index (χ4v) is 4.31. The molecule has 11 heteroatoms. The molecule has 202 valence electrons. The predicted octanol–water partition coefficient (Wildman–Crippen LogP) is 5.28. The van der Waals surface area contributed by atoms with Crippen LogP contribution in [0.3, 0.4) is 0 Å². The quantitative estimate of drug-likeness (QED) is 0.422. The summed E-state index contributed by atoms with van der Waals surface area (Å²) in [5.41, 5.74) is 3.54. The van der Waals surface area contributed by atoms with Crippen molar-refractivity contribution in [1.82, 2.24) is 20.6 Å². The summed E-state index contributed by atoms with van der Waals surface area (Å²) in [7, 11) is 0. The first-order chi connectivity index (χ1) is 19.0. The highest BCUT2D eigenvalue weighted by Crippen LogP contribution is 2.40. The molecule has 1 amide bonds. The van der Waals surface area contributed by atoms with E-state index in [1.54, 1.807) is 43.3 Å². The van der Waals surface area contributed by atoms with E-state index < -0.39 is 23.3 Å². The Morgan fingerprint density at radius 3 is 2.65 bits per heavy atom. The van der Waals surface area contributed by atoms with Gasteiger partial charge in [0.2, 0.25) is 0 Å². The number of halogens is 3. The van der Waals surface area contributed by atoms with Crippen molar-refractivity contribution >= 4 is 28.9 Å². The number of rotatable bonds is 5. The number of anilines is 2. The van der Waals surface area contributed by atoms with E-state index in [0.717, 1.165) is 22.2 Å². The molecular weight excluding hydrogens is 521 g/mol. The van der Waals surface area contributed by atoms with Gasteiger partial charge in [0, 0.05) is 18.0 Å². The second kappa shape index (κ2) is 10.3. The standard InChI is InChI=1S/C29H23F3N6O2/c1-18-8-9-19(10-11-23(18)39)20-5-3-6-21(15-20)27(40)34-25-12-13-26(36-35-25)38-24(29(30,31)32)16-28(2,37-38)22-7-4-14-33-17-22/h3-7,9-17,37H,1,8H2,2H3,(H,34,35,40). The van der Waals surface area contributed by atoms with Gasteiger partial charge in [-0.1, -0.05) is 36.9 Å². The molecule has 0 bridgehead atoms. The molecule has 0 saturated heterocycles. The number of carbonyl (C=O) groups excluding carboxylic acids is 2. The Labute approximate surface area is 227 Å². The van der Waals surface area contributed by atoms with Gasteiger partial charge in [-0.25, -0.2) is 5.43 Å². The SMILES string of the molecule is C=C1CC=C(c2cccc(C(=O)Nc3ccc(N4NC(C)(c5cccnc5)C=C4C(F)(F)F)nn3)c2)C=CC1=O. The molecule has 2 aromatic heterocycles. The van der Waals surface area contributed by atoms with Gasteiger partial charge in [-0.3, -0.25) is 19.6 Å². The van der Waals surface area contributed by atoms with Gasteiger partial charge in [-0.05, 0) is 78.1 Å². The summed E-state index contributed by atoms with van der Waals surface area (Å²) in [5.74, 6) is -0.687. The summed E-state index contributed by atoms with van der Waals surface area (Å²) in [5, 5.41) is 11.3. The topological polar surface area (TPSA) is 100 Å². The third-order valence-electron chi connectivity index (χ3n) is 6.47. The lowest BCUT2D eigenvalue weighted by atomic mass is 9.94. The van der Waals surface area contributed by atoms with E-state index in [9.17, 15) is 22.8 Å². The molecule has 1 atom stereocenters. The Bertz CT molecular complexity index is 1580. The number of hydrazine groups is 1. The van der Waals surface area contributed by atoms with Crippen molar-refractivity contribution in [3.63, 3.8) is 0 Å². The number of pyridine rings is 1.